The van der Waals surface area contributed by atoms with Crippen molar-refractivity contribution in [3.63, 3.8) is 0 Å². The number of piperidine rings is 1. The number of nitrogens with one attached hydrogen (secondary N) is 2. The van der Waals surface area contributed by atoms with Gasteiger partial charge in [0.05, 0.1) is 7.11 Å². The summed E-state index contributed by atoms with van der Waals surface area (Å²) in [6, 6.07) is 7.50. The number of unbranched alkanes of at least 4 members (excludes halogenated alkanes) is 1. The van der Waals surface area contributed by atoms with Gasteiger partial charge < -0.3 is 20.3 Å². The number of methoxy groups -OCH3 is 1. The largest absolute Gasteiger partial charge is 0.497 e. The van der Waals surface area contributed by atoms with E-state index in [0.717, 1.165) is 30.7 Å². The Labute approximate surface area is 198 Å². The molecule has 1 atom stereocenters. The fourth-order valence-electron chi connectivity index (χ4n) is 4.13. The Balaban J connectivity index is 1.63. The van der Waals surface area contributed by atoms with Crippen LogP contribution in [0.1, 0.15) is 70.8 Å². The molecule has 7 nitrogen and oxygen atoms in total. The van der Waals surface area contributed by atoms with Crippen molar-refractivity contribution < 1.29 is 19.1 Å². The minimum Gasteiger partial charge on any atom is -0.497 e. The molecule has 0 bridgehead atoms. The van der Waals surface area contributed by atoms with E-state index in [4.69, 9.17) is 4.74 Å². The van der Waals surface area contributed by atoms with Crippen LogP contribution in [-0.4, -0.2) is 49.4 Å². The highest BCUT2D eigenvalue weighted by molar-refractivity contribution is 5.84. The van der Waals surface area contributed by atoms with Crippen LogP contribution in [-0.2, 0) is 20.9 Å². The van der Waals surface area contributed by atoms with Crippen LogP contribution >= 0.6 is 0 Å². The van der Waals surface area contributed by atoms with E-state index >= 15 is 0 Å². The smallest absolute Gasteiger partial charge is 0.223 e. The molecule has 1 aliphatic rings. The molecule has 33 heavy (non-hydrogen) atoms. The van der Waals surface area contributed by atoms with Crippen LogP contribution in [0.3, 0.4) is 0 Å². The summed E-state index contributed by atoms with van der Waals surface area (Å²) in [6.07, 6.45) is 6.37. The summed E-state index contributed by atoms with van der Waals surface area (Å²) in [5.74, 6) is 1.27. The molecule has 3 amide bonds. The van der Waals surface area contributed by atoms with E-state index in [2.05, 4.69) is 24.5 Å². The Morgan fingerprint density at radius 2 is 1.76 bits per heavy atom. The van der Waals surface area contributed by atoms with Crippen molar-refractivity contribution >= 4 is 17.7 Å². The summed E-state index contributed by atoms with van der Waals surface area (Å²) < 4.78 is 5.12. The van der Waals surface area contributed by atoms with Gasteiger partial charge in [0.2, 0.25) is 17.7 Å². The predicted octanol–water partition coefficient (Wildman–Crippen LogP) is 3.66. The molecule has 184 valence electrons. The summed E-state index contributed by atoms with van der Waals surface area (Å²) in [4.78, 5) is 39.0. The van der Waals surface area contributed by atoms with E-state index in [1.165, 1.54) is 12.8 Å². The zero-order valence-electron chi connectivity index (χ0n) is 20.5. The molecule has 2 N–H and O–H groups in total. The van der Waals surface area contributed by atoms with E-state index in [1.54, 1.807) is 12.0 Å². The first-order valence-corrected chi connectivity index (χ1v) is 12.4. The number of rotatable bonds is 13. The van der Waals surface area contributed by atoms with Crippen LogP contribution in [0.5, 0.6) is 5.75 Å². The highest BCUT2D eigenvalue weighted by Gasteiger charge is 2.27. The van der Waals surface area contributed by atoms with Crippen molar-refractivity contribution in [3.8, 4) is 5.75 Å². The van der Waals surface area contributed by atoms with E-state index < -0.39 is 0 Å². The lowest BCUT2D eigenvalue weighted by atomic mass is 9.94. The van der Waals surface area contributed by atoms with Gasteiger partial charge in [0.25, 0.3) is 0 Å². The van der Waals surface area contributed by atoms with Gasteiger partial charge in [-0.1, -0.05) is 45.2 Å². The highest BCUT2D eigenvalue weighted by Crippen LogP contribution is 2.19. The molecule has 0 unspecified atom stereocenters. The number of nitrogens with zero attached hydrogens (tertiary/aromatic N) is 1. The maximum atomic E-state index is 12.5. The summed E-state index contributed by atoms with van der Waals surface area (Å²) in [5.41, 5.74) is 0.978. The van der Waals surface area contributed by atoms with Crippen molar-refractivity contribution in [2.45, 2.75) is 71.8 Å². The Morgan fingerprint density at radius 3 is 2.36 bits per heavy atom. The van der Waals surface area contributed by atoms with Gasteiger partial charge >= 0.3 is 0 Å². The first-order chi connectivity index (χ1) is 16.0. The van der Waals surface area contributed by atoms with Crippen molar-refractivity contribution in [2.75, 3.05) is 26.7 Å². The Kier molecular flexibility index (Phi) is 11.8. The van der Waals surface area contributed by atoms with Crippen LogP contribution in [0.25, 0.3) is 0 Å². The molecule has 1 aliphatic heterocycles. The van der Waals surface area contributed by atoms with Gasteiger partial charge in [-0.2, -0.15) is 0 Å². The van der Waals surface area contributed by atoms with Crippen LogP contribution in [0, 0.1) is 11.8 Å². The topological polar surface area (TPSA) is 87.7 Å². The van der Waals surface area contributed by atoms with Gasteiger partial charge in [-0.15, -0.1) is 0 Å². The molecule has 0 aliphatic carbocycles. The number of hydrogen-bond donors (Lipinski definition) is 2. The van der Waals surface area contributed by atoms with Crippen LogP contribution in [0.4, 0.5) is 0 Å². The van der Waals surface area contributed by atoms with Crippen molar-refractivity contribution in [3.05, 3.63) is 29.8 Å². The summed E-state index contributed by atoms with van der Waals surface area (Å²) >= 11 is 0. The number of carbonyl (C=O) groups is 3. The lowest BCUT2D eigenvalue weighted by Crippen LogP contribution is -2.44. The second-order valence-corrected chi connectivity index (χ2v) is 8.94. The number of hydrogen-bond acceptors (Lipinski definition) is 4. The summed E-state index contributed by atoms with van der Waals surface area (Å²) in [6.45, 7) is 6.70. The molecule has 0 spiro atoms. The molecular formula is C26H41N3O4. The molecule has 2 rings (SSSR count). The van der Waals surface area contributed by atoms with Crippen LogP contribution < -0.4 is 15.4 Å². The highest BCUT2D eigenvalue weighted by atomic mass is 16.5. The fraction of sp³-hybridized carbons (Fsp3) is 0.654. The molecular weight excluding hydrogens is 418 g/mol. The van der Waals surface area contributed by atoms with Crippen molar-refractivity contribution in [1.29, 1.82) is 0 Å². The summed E-state index contributed by atoms with van der Waals surface area (Å²) in [5, 5.41) is 5.98. The lowest BCUT2D eigenvalue weighted by molar-refractivity contribution is -0.136. The SMILES string of the molecule is CCCC[C@H](CC)CNC(=O)C1CCN(C(=O)CCC(=O)NCc2ccc(OC)cc2)CC1. The average molecular weight is 460 g/mol. The van der Waals surface area contributed by atoms with Gasteiger partial charge in [0.15, 0.2) is 0 Å². The zero-order valence-corrected chi connectivity index (χ0v) is 20.5. The molecule has 1 heterocycles. The molecule has 0 radical (unpaired) electrons. The third-order valence-corrected chi connectivity index (χ3v) is 6.54. The van der Waals surface area contributed by atoms with Gasteiger partial charge in [-0.25, -0.2) is 0 Å². The Bertz CT molecular complexity index is 742. The number of carbonyl (C=O) groups excluding carboxylic acids is 3. The fourth-order valence-corrected chi connectivity index (χ4v) is 4.13. The lowest BCUT2D eigenvalue weighted by Gasteiger charge is -2.31. The number of amides is 3. The second-order valence-electron chi connectivity index (χ2n) is 8.94. The molecule has 1 aromatic carbocycles. The van der Waals surface area contributed by atoms with Gasteiger partial charge in [-0.05, 0) is 42.9 Å². The van der Waals surface area contributed by atoms with Crippen molar-refractivity contribution in [1.82, 2.24) is 15.5 Å². The van der Waals surface area contributed by atoms with E-state index in [-0.39, 0.29) is 36.5 Å². The average Bonchev–Trinajstić information content (AvgIpc) is 2.86. The number of benzene rings is 1. The second kappa shape index (κ2) is 14.6. The maximum Gasteiger partial charge on any atom is 0.223 e. The monoisotopic (exact) mass is 459 g/mol. The Hall–Kier alpha value is -2.57. The van der Waals surface area contributed by atoms with Crippen LogP contribution in [0.15, 0.2) is 24.3 Å². The first kappa shape index (κ1) is 26.7. The molecule has 1 fully saturated rings. The minimum atomic E-state index is -0.137. The van der Waals surface area contributed by atoms with Gasteiger partial charge in [0, 0.05) is 44.9 Å². The van der Waals surface area contributed by atoms with Gasteiger partial charge in [0.1, 0.15) is 5.75 Å². The standard InChI is InChI=1S/C26H41N3O4/c1-4-6-7-20(5-2)18-28-26(32)22-14-16-29(17-15-22)25(31)13-12-24(30)27-19-21-8-10-23(33-3)11-9-21/h8-11,20,22H,4-7,12-19H2,1-3H3,(H,27,30)(H,28,32)/t20-/m0/s1. The zero-order chi connectivity index (χ0) is 24.1. The maximum absolute atomic E-state index is 12.5. The molecule has 1 saturated heterocycles. The summed E-state index contributed by atoms with van der Waals surface area (Å²) in [7, 11) is 1.61. The predicted molar refractivity (Wildman–Crippen MR) is 130 cm³/mol. The quantitative estimate of drug-likeness (QED) is 0.471. The minimum absolute atomic E-state index is 0.0148. The first-order valence-electron chi connectivity index (χ1n) is 12.4. The number of likely N-dealkylation sites (tertiary alicyclic amines) is 1. The van der Waals surface area contributed by atoms with Crippen LogP contribution in [0.2, 0.25) is 0 Å². The number of ether oxygens (including phenoxy) is 1. The van der Waals surface area contributed by atoms with E-state index in [9.17, 15) is 14.4 Å². The molecule has 7 heteroatoms. The third-order valence-electron chi connectivity index (χ3n) is 6.54. The molecule has 0 saturated carbocycles. The van der Waals surface area contributed by atoms with E-state index in [1.807, 2.05) is 24.3 Å². The van der Waals surface area contributed by atoms with Crippen molar-refractivity contribution in [2.24, 2.45) is 11.8 Å². The molecule has 1 aromatic rings. The van der Waals surface area contributed by atoms with E-state index in [0.29, 0.717) is 38.4 Å². The third kappa shape index (κ3) is 9.44. The normalized spacial score (nSPS) is 15.1. The van der Waals surface area contributed by atoms with Gasteiger partial charge in [-0.3, -0.25) is 14.4 Å². The molecule has 0 aromatic heterocycles. The Morgan fingerprint density at radius 1 is 1.06 bits per heavy atom.